The van der Waals surface area contributed by atoms with Crippen molar-refractivity contribution in [1.29, 1.82) is 0 Å². The molecule has 0 aliphatic carbocycles. The highest BCUT2D eigenvalue weighted by atomic mass is 32.1. The van der Waals surface area contributed by atoms with Crippen molar-refractivity contribution >= 4 is 16.3 Å². The van der Waals surface area contributed by atoms with E-state index in [0.717, 1.165) is 42.4 Å². The number of methoxy groups -OCH3 is 1. The molecule has 2 N–H and O–H groups in total. The molecule has 144 valence electrons. The number of para-hydroxylation sites is 1. The molecular formula is C18H23N5O3S. The van der Waals surface area contributed by atoms with Crippen molar-refractivity contribution in [2.45, 2.75) is 6.04 Å². The predicted octanol–water partition coefficient (Wildman–Crippen LogP) is 1.20. The standard InChI is InChI=1S/C18H23N5O3S/c1-26-14-5-3-2-4-13(14)15(22-8-6-21(7-9-22)10-11-24)16-17(25)23-18(27-16)19-12-20-23/h2-5,12,15,24-25H,6-11H2,1H3. The van der Waals surface area contributed by atoms with Gasteiger partial charge in [-0.1, -0.05) is 29.5 Å². The van der Waals surface area contributed by atoms with Crippen LogP contribution in [-0.2, 0) is 0 Å². The fraction of sp³-hybridized carbons (Fsp3) is 0.444. The number of aliphatic hydroxyl groups is 1. The first-order chi connectivity index (χ1) is 13.2. The minimum absolute atomic E-state index is 0.126. The number of hydrogen-bond acceptors (Lipinski definition) is 8. The van der Waals surface area contributed by atoms with Crippen molar-refractivity contribution in [3.05, 3.63) is 41.0 Å². The normalized spacial score (nSPS) is 17.4. The van der Waals surface area contributed by atoms with Gasteiger partial charge in [0.2, 0.25) is 10.8 Å². The molecule has 0 radical (unpaired) electrons. The fourth-order valence-electron chi connectivity index (χ4n) is 3.65. The van der Waals surface area contributed by atoms with Crippen LogP contribution in [0.2, 0.25) is 0 Å². The first-order valence-electron chi connectivity index (χ1n) is 8.94. The van der Waals surface area contributed by atoms with E-state index < -0.39 is 0 Å². The molecule has 1 unspecified atom stereocenters. The summed E-state index contributed by atoms with van der Waals surface area (Å²) in [7, 11) is 1.66. The van der Waals surface area contributed by atoms with Crippen LogP contribution in [-0.4, -0.2) is 81.1 Å². The van der Waals surface area contributed by atoms with E-state index in [9.17, 15) is 10.2 Å². The number of aromatic nitrogens is 3. The average Bonchev–Trinajstić information content (AvgIpc) is 3.28. The van der Waals surface area contributed by atoms with Crippen LogP contribution in [0.4, 0.5) is 0 Å². The zero-order valence-electron chi connectivity index (χ0n) is 15.2. The second-order valence-corrected chi connectivity index (χ2v) is 7.50. The number of hydrogen-bond donors (Lipinski definition) is 2. The number of fused-ring (bicyclic) bond motifs is 1. The summed E-state index contributed by atoms with van der Waals surface area (Å²) < 4.78 is 7.09. The fourth-order valence-corrected chi connectivity index (χ4v) is 4.74. The van der Waals surface area contributed by atoms with Crippen molar-refractivity contribution in [3.8, 4) is 11.6 Å². The molecule has 2 aromatic heterocycles. The minimum Gasteiger partial charge on any atom is -0.496 e. The topological polar surface area (TPSA) is 86.4 Å². The molecule has 1 aliphatic rings. The summed E-state index contributed by atoms with van der Waals surface area (Å²) >= 11 is 1.45. The van der Waals surface area contributed by atoms with Crippen molar-refractivity contribution in [2.24, 2.45) is 0 Å². The number of nitrogens with zero attached hydrogens (tertiary/aromatic N) is 5. The first-order valence-corrected chi connectivity index (χ1v) is 9.76. The van der Waals surface area contributed by atoms with E-state index in [2.05, 4.69) is 19.9 Å². The van der Waals surface area contributed by atoms with Gasteiger partial charge in [-0.3, -0.25) is 9.80 Å². The van der Waals surface area contributed by atoms with Gasteiger partial charge in [0.25, 0.3) is 0 Å². The van der Waals surface area contributed by atoms with E-state index in [1.165, 1.54) is 22.2 Å². The Morgan fingerprint density at radius 3 is 2.70 bits per heavy atom. The van der Waals surface area contributed by atoms with E-state index in [1.54, 1.807) is 7.11 Å². The Bertz CT molecular complexity index is 903. The van der Waals surface area contributed by atoms with Crippen LogP contribution in [0.5, 0.6) is 11.6 Å². The summed E-state index contributed by atoms with van der Waals surface area (Å²) in [4.78, 5) is 10.3. The maximum Gasteiger partial charge on any atom is 0.230 e. The van der Waals surface area contributed by atoms with Gasteiger partial charge in [0.1, 0.15) is 12.1 Å². The summed E-state index contributed by atoms with van der Waals surface area (Å²) in [6.45, 7) is 4.26. The number of ether oxygens (including phenoxy) is 1. The van der Waals surface area contributed by atoms with Crippen LogP contribution in [0.25, 0.3) is 4.96 Å². The molecule has 9 heteroatoms. The van der Waals surface area contributed by atoms with Gasteiger partial charge in [-0.2, -0.15) is 9.61 Å². The lowest BCUT2D eigenvalue weighted by Crippen LogP contribution is -2.48. The van der Waals surface area contributed by atoms with E-state index >= 15 is 0 Å². The Balaban J connectivity index is 1.74. The lowest BCUT2D eigenvalue weighted by molar-refractivity contribution is 0.0938. The monoisotopic (exact) mass is 389 g/mol. The van der Waals surface area contributed by atoms with Gasteiger partial charge in [0.05, 0.1) is 24.6 Å². The smallest absolute Gasteiger partial charge is 0.230 e. The third-order valence-electron chi connectivity index (χ3n) is 5.01. The Hall–Kier alpha value is -2.20. The maximum atomic E-state index is 10.8. The number of rotatable bonds is 6. The molecule has 1 aliphatic heterocycles. The summed E-state index contributed by atoms with van der Waals surface area (Å²) in [5.41, 5.74) is 1.01. The van der Waals surface area contributed by atoms with Crippen LogP contribution in [0.3, 0.4) is 0 Å². The molecule has 0 amide bonds. The minimum atomic E-state index is -0.147. The molecule has 3 heterocycles. The number of benzene rings is 1. The number of β-amino-alcohol motifs (C(OH)–C–C–N with tert-alkyl or cyclic N) is 1. The van der Waals surface area contributed by atoms with E-state index in [-0.39, 0.29) is 18.5 Å². The number of aliphatic hydroxyl groups excluding tert-OH is 1. The molecule has 4 rings (SSSR count). The molecule has 1 fully saturated rings. The third kappa shape index (κ3) is 3.39. The van der Waals surface area contributed by atoms with Gasteiger partial charge in [-0.15, -0.1) is 0 Å². The van der Waals surface area contributed by atoms with Crippen LogP contribution >= 0.6 is 11.3 Å². The summed E-state index contributed by atoms with van der Waals surface area (Å²) in [6, 6.07) is 7.77. The van der Waals surface area contributed by atoms with Crippen LogP contribution < -0.4 is 4.74 Å². The van der Waals surface area contributed by atoms with Crippen LogP contribution in [0, 0.1) is 0 Å². The Morgan fingerprint density at radius 1 is 1.22 bits per heavy atom. The van der Waals surface area contributed by atoms with Crippen molar-refractivity contribution in [2.75, 3.05) is 46.4 Å². The highest BCUT2D eigenvalue weighted by Gasteiger charge is 2.32. The zero-order chi connectivity index (χ0) is 18.8. The summed E-state index contributed by atoms with van der Waals surface area (Å²) in [6.07, 6.45) is 1.45. The van der Waals surface area contributed by atoms with Gasteiger partial charge < -0.3 is 14.9 Å². The maximum absolute atomic E-state index is 10.8. The largest absolute Gasteiger partial charge is 0.496 e. The quantitative estimate of drug-likeness (QED) is 0.655. The second-order valence-electron chi connectivity index (χ2n) is 6.49. The van der Waals surface area contributed by atoms with Gasteiger partial charge in [-0.25, -0.2) is 4.98 Å². The van der Waals surface area contributed by atoms with Gasteiger partial charge >= 0.3 is 0 Å². The highest BCUT2D eigenvalue weighted by molar-refractivity contribution is 7.17. The van der Waals surface area contributed by atoms with Gasteiger partial charge in [0, 0.05) is 38.3 Å². The van der Waals surface area contributed by atoms with Gasteiger partial charge in [-0.05, 0) is 6.07 Å². The Morgan fingerprint density at radius 2 is 2.00 bits per heavy atom. The molecule has 0 bridgehead atoms. The highest BCUT2D eigenvalue weighted by Crippen LogP contribution is 2.42. The molecular weight excluding hydrogens is 366 g/mol. The first kappa shape index (κ1) is 18.2. The molecule has 27 heavy (non-hydrogen) atoms. The SMILES string of the molecule is COc1ccccc1C(c1sc2ncnn2c1O)N1CCN(CCO)CC1. The molecule has 3 aromatic rings. The number of aromatic hydroxyl groups is 1. The van der Waals surface area contributed by atoms with Crippen molar-refractivity contribution in [3.63, 3.8) is 0 Å². The predicted molar refractivity (Wildman–Crippen MR) is 102 cm³/mol. The summed E-state index contributed by atoms with van der Waals surface area (Å²) in [5.74, 6) is 0.917. The van der Waals surface area contributed by atoms with Crippen molar-refractivity contribution < 1.29 is 14.9 Å². The van der Waals surface area contributed by atoms with E-state index in [1.807, 2.05) is 24.3 Å². The molecule has 8 nitrogen and oxygen atoms in total. The van der Waals surface area contributed by atoms with Crippen LogP contribution in [0.1, 0.15) is 16.5 Å². The lowest BCUT2D eigenvalue weighted by Gasteiger charge is -2.39. The second kappa shape index (κ2) is 7.81. The van der Waals surface area contributed by atoms with Crippen LogP contribution in [0.15, 0.2) is 30.6 Å². The van der Waals surface area contributed by atoms with Gasteiger partial charge in [0.15, 0.2) is 0 Å². The van der Waals surface area contributed by atoms with E-state index in [0.29, 0.717) is 11.5 Å². The van der Waals surface area contributed by atoms with Crippen molar-refractivity contribution in [1.82, 2.24) is 24.4 Å². The molecule has 0 spiro atoms. The Labute approximate surface area is 161 Å². The molecule has 1 atom stereocenters. The lowest BCUT2D eigenvalue weighted by atomic mass is 10.0. The summed E-state index contributed by atoms with van der Waals surface area (Å²) in [5, 5.41) is 24.1. The molecule has 1 aromatic carbocycles. The average molecular weight is 389 g/mol. The zero-order valence-corrected chi connectivity index (χ0v) is 16.0. The third-order valence-corrected chi connectivity index (χ3v) is 6.10. The van der Waals surface area contributed by atoms with E-state index in [4.69, 9.17) is 4.74 Å². The molecule has 1 saturated heterocycles. The molecule has 0 saturated carbocycles. The number of thiazole rings is 1. The Kier molecular flexibility index (Phi) is 5.26. The number of piperazine rings is 1.